The van der Waals surface area contributed by atoms with Crippen LogP contribution in [0.25, 0.3) is 0 Å². The number of likely N-dealkylation sites (N-methyl/N-ethyl adjacent to an activating group) is 1. The molecule has 0 aromatic rings. The minimum absolute atomic E-state index is 0.0626. The molecule has 2 fully saturated rings. The van der Waals surface area contributed by atoms with Gasteiger partial charge in [-0.25, -0.2) is 9.59 Å². The molecule has 2 heterocycles. The Labute approximate surface area is 130 Å². The van der Waals surface area contributed by atoms with E-state index in [1.807, 2.05) is 20.9 Å². The lowest BCUT2D eigenvalue weighted by Gasteiger charge is -2.34. The van der Waals surface area contributed by atoms with E-state index in [0.29, 0.717) is 5.75 Å². The molecule has 2 saturated heterocycles. The van der Waals surface area contributed by atoms with Crippen molar-refractivity contribution in [2.24, 2.45) is 5.92 Å². The highest BCUT2D eigenvalue weighted by atomic mass is 32.2. The first-order valence-electron chi connectivity index (χ1n) is 7.52. The number of carboxylic acid groups (broad SMARTS) is 1. The average Bonchev–Trinajstić information content (AvgIpc) is 2.83. The number of piperidine rings is 1. The third-order valence-corrected chi connectivity index (χ3v) is 5.70. The number of hydrogen-bond donors (Lipinski definition) is 2. The normalized spacial score (nSPS) is 30.7. The zero-order chi connectivity index (χ0) is 15.6. The fourth-order valence-electron chi connectivity index (χ4n) is 3.02. The molecule has 7 heteroatoms. The first kappa shape index (κ1) is 16.4. The van der Waals surface area contributed by atoms with Crippen molar-refractivity contribution in [3.8, 4) is 0 Å². The number of urea groups is 1. The van der Waals surface area contributed by atoms with Gasteiger partial charge in [-0.15, -0.1) is 11.8 Å². The molecule has 6 nitrogen and oxygen atoms in total. The monoisotopic (exact) mass is 315 g/mol. The van der Waals surface area contributed by atoms with Gasteiger partial charge in [-0.1, -0.05) is 13.8 Å². The SMILES string of the molecule is CC(C)C1SCC(C(=O)O)N1C(=O)NC1CCCN(C)C1. The standard InChI is InChI=1S/C14H25N3O3S/c1-9(2)12-17(11(8-21-12)13(18)19)14(20)15-10-5-4-6-16(3)7-10/h9-12H,4-8H2,1-3H3,(H,15,20)(H,18,19). The highest BCUT2D eigenvalue weighted by molar-refractivity contribution is 8.00. The molecule has 0 spiro atoms. The van der Waals surface area contributed by atoms with E-state index < -0.39 is 12.0 Å². The van der Waals surface area contributed by atoms with Gasteiger partial charge in [0.15, 0.2) is 0 Å². The van der Waals surface area contributed by atoms with Gasteiger partial charge < -0.3 is 15.3 Å². The molecule has 2 amide bonds. The van der Waals surface area contributed by atoms with Crippen LogP contribution in [-0.2, 0) is 4.79 Å². The van der Waals surface area contributed by atoms with Crippen LogP contribution in [0.5, 0.6) is 0 Å². The number of likely N-dealkylation sites (tertiary alicyclic amines) is 1. The number of carbonyl (C=O) groups excluding carboxylic acids is 1. The molecule has 0 aliphatic carbocycles. The second-order valence-corrected chi connectivity index (χ2v) is 7.43. The van der Waals surface area contributed by atoms with Crippen molar-refractivity contribution < 1.29 is 14.7 Å². The van der Waals surface area contributed by atoms with Crippen LogP contribution in [0.15, 0.2) is 0 Å². The molecular weight excluding hydrogens is 290 g/mol. The summed E-state index contributed by atoms with van der Waals surface area (Å²) in [4.78, 5) is 27.7. The van der Waals surface area contributed by atoms with E-state index in [9.17, 15) is 14.7 Å². The molecule has 0 aromatic heterocycles. The zero-order valence-corrected chi connectivity index (χ0v) is 13.7. The second-order valence-electron chi connectivity index (χ2n) is 6.28. The van der Waals surface area contributed by atoms with E-state index in [0.717, 1.165) is 25.9 Å². The summed E-state index contributed by atoms with van der Waals surface area (Å²) in [5.74, 6) is -0.211. The Balaban J connectivity index is 2.04. The zero-order valence-electron chi connectivity index (χ0n) is 12.9. The fourth-order valence-corrected chi connectivity index (χ4v) is 4.49. The molecule has 2 aliphatic rings. The lowest BCUT2D eigenvalue weighted by atomic mass is 10.1. The van der Waals surface area contributed by atoms with Crippen molar-refractivity contribution in [2.75, 3.05) is 25.9 Å². The van der Waals surface area contributed by atoms with Crippen LogP contribution in [0, 0.1) is 5.92 Å². The van der Waals surface area contributed by atoms with Crippen molar-refractivity contribution in [1.82, 2.24) is 15.1 Å². The highest BCUT2D eigenvalue weighted by Crippen LogP contribution is 2.34. The van der Waals surface area contributed by atoms with Crippen LogP contribution in [0.2, 0.25) is 0 Å². The summed E-state index contributed by atoms with van der Waals surface area (Å²) >= 11 is 1.56. The summed E-state index contributed by atoms with van der Waals surface area (Å²) in [6, 6.07) is -0.834. The Morgan fingerprint density at radius 2 is 2.10 bits per heavy atom. The van der Waals surface area contributed by atoms with Gasteiger partial charge in [-0.05, 0) is 32.4 Å². The number of nitrogens with zero attached hydrogens (tertiary/aromatic N) is 2. The first-order valence-corrected chi connectivity index (χ1v) is 8.56. The van der Waals surface area contributed by atoms with Crippen molar-refractivity contribution in [3.63, 3.8) is 0 Å². The molecule has 0 bridgehead atoms. The Hall–Kier alpha value is -0.950. The number of rotatable bonds is 3. The van der Waals surface area contributed by atoms with Crippen LogP contribution in [0.4, 0.5) is 4.79 Å². The van der Waals surface area contributed by atoms with Crippen molar-refractivity contribution >= 4 is 23.8 Å². The first-order chi connectivity index (χ1) is 9.90. The van der Waals surface area contributed by atoms with Crippen molar-refractivity contribution in [2.45, 2.75) is 44.1 Å². The van der Waals surface area contributed by atoms with Crippen LogP contribution in [0.1, 0.15) is 26.7 Å². The molecule has 21 heavy (non-hydrogen) atoms. The maximum atomic E-state index is 12.6. The Morgan fingerprint density at radius 1 is 1.38 bits per heavy atom. The molecule has 120 valence electrons. The Bertz CT molecular complexity index is 405. The number of hydrogen-bond acceptors (Lipinski definition) is 4. The smallest absolute Gasteiger partial charge is 0.327 e. The molecule has 0 saturated carbocycles. The Kier molecular flexibility index (Phi) is 5.37. The van der Waals surface area contributed by atoms with Crippen LogP contribution in [-0.4, -0.2) is 70.3 Å². The number of carbonyl (C=O) groups is 2. The van der Waals surface area contributed by atoms with Gasteiger partial charge in [-0.3, -0.25) is 4.90 Å². The average molecular weight is 315 g/mol. The summed E-state index contributed by atoms with van der Waals surface area (Å²) in [6.45, 7) is 5.93. The van der Waals surface area contributed by atoms with Gasteiger partial charge in [-0.2, -0.15) is 0 Å². The summed E-state index contributed by atoms with van der Waals surface area (Å²) in [6.07, 6.45) is 2.02. The predicted octanol–water partition coefficient (Wildman–Crippen LogP) is 1.27. The van der Waals surface area contributed by atoms with Gasteiger partial charge in [0, 0.05) is 18.3 Å². The predicted molar refractivity (Wildman–Crippen MR) is 83.4 cm³/mol. The number of nitrogens with one attached hydrogen (secondary N) is 1. The Morgan fingerprint density at radius 3 is 2.67 bits per heavy atom. The number of aliphatic carboxylic acids is 1. The van der Waals surface area contributed by atoms with Gasteiger partial charge >= 0.3 is 12.0 Å². The van der Waals surface area contributed by atoms with E-state index in [-0.39, 0.29) is 23.4 Å². The molecule has 2 N–H and O–H groups in total. The van der Waals surface area contributed by atoms with E-state index in [2.05, 4.69) is 10.2 Å². The van der Waals surface area contributed by atoms with Gasteiger partial charge in [0.25, 0.3) is 0 Å². The molecule has 0 aromatic carbocycles. The lowest BCUT2D eigenvalue weighted by Crippen LogP contribution is -2.56. The maximum Gasteiger partial charge on any atom is 0.327 e. The quantitative estimate of drug-likeness (QED) is 0.821. The third kappa shape index (κ3) is 3.83. The van der Waals surface area contributed by atoms with Crippen LogP contribution < -0.4 is 5.32 Å². The van der Waals surface area contributed by atoms with E-state index >= 15 is 0 Å². The number of carboxylic acids is 1. The second kappa shape index (κ2) is 6.87. The van der Waals surface area contributed by atoms with Crippen molar-refractivity contribution in [1.29, 1.82) is 0 Å². The summed E-state index contributed by atoms with van der Waals surface area (Å²) < 4.78 is 0. The van der Waals surface area contributed by atoms with Gasteiger partial charge in [0.2, 0.25) is 0 Å². The molecule has 3 unspecified atom stereocenters. The molecule has 2 rings (SSSR count). The number of thioether (sulfide) groups is 1. The largest absolute Gasteiger partial charge is 0.480 e. The number of amides is 2. The van der Waals surface area contributed by atoms with E-state index in [4.69, 9.17) is 0 Å². The lowest BCUT2D eigenvalue weighted by molar-refractivity contribution is -0.141. The van der Waals surface area contributed by atoms with Gasteiger partial charge in [0.1, 0.15) is 6.04 Å². The minimum atomic E-state index is -0.915. The fraction of sp³-hybridized carbons (Fsp3) is 0.857. The minimum Gasteiger partial charge on any atom is -0.480 e. The van der Waals surface area contributed by atoms with E-state index in [1.54, 1.807) is 11.8 Å². The maximum absolute atomic E-state index is 12.6. The van der Waals surface area contributed by atoms with Crippen molar-refractivity contribution in [3.05, 3.63) is 0 Å². The summed E-state index contributed by atoms with van der Waals surface area (Å²) in [7, 11) is 2.04. The summed E-state index contributed by atoms with van der Waals surface area (Å²) in [5, 5.41) is 12.3. The third-order valence-electron chi connectivity index (χ3n) is 4.08. The van der Waals surface area contributed by atoms with Gasteiger partial charge in [0.05, 0.1) is 5.37 Å². The van der Waals surface area contributed by atoms with Crippen LogP contribution >= 0.6 is 11.8 Å². The van der Waals surface area contributed by atoms with Crippen LogP contribution in [0.3, 0.4) is 0 Å². The molecule has 0 radical (unpaired) electrons. The molecule has 3 atom stereocenters. The topological polar surface area (TPSA) is 72.9 Å². The molecule has 2 aliphatic heterocycles. The molecular formula is C14H25N3O3S. The summed E-state index contributed by atoms with van der Waals surface area (Å²) in [5.41, 5.74) is 0. The highest BCUT2D eigenvalue weighted by Gasteiger charge is 2.43. The van der Waals surface area contributed by atoms with E-state index in [1.165, 1.54) is 4.90 Å².